The summed E-state index contributed by atoms with van der Waals surface area (Å²) in [7, 11) is 1.54. The first-order valence-corrected chi connectivity index (χ1v) is 19.4. The lowest BCUT2D eigenvalue weighted by molar-refractivity contribution is -0.870. The molecule has 0 bridgehead atoms. The maximum absolute atomic E-state index is 12.7. The van der Waals surface area contributed by atoms with Crippen molar-refractivity contribution in [1.29, 1.82) is 0 Å². The molecule has 3 atom stereocenters. The minimum absolute atomic E-state index is 0.0538. The second-order valence-electron chi connectivity index (χ2n) is 13.2. The highest BCUT2D eigenvalue weighted by molar-refractivity contribution is 7.47. The fourth-order valence-corrected chi connectivity index (χ4v) is 5.39. The van der Waals surface area contributed by atoms with E-state index in [2.05, 4.69) is 43.5 Å². The van der Waals surface area contributed by atoms with Crippen LogP contribution < -0.4 is 5.32 Å². The van der Waals surface area contributed by atoms with Gasteiger partial charge in [-0.3, -0.25) is 13.8 Å². The van der Waals surface area contributed by atoms with Crippen molar-refractivity contribution in [3.8, 4) is 0 Å². The number of amides is 1. The molecule has 3 N–H and O–H groups in total. The highest BCUT2D eigenvalue weighted by Crippen LogP contribution is 2.43. The Bertz CT molecular complexity index is 840. The van der Waals surface area contributed by atoms with Gasteiger partial charge in [0, 0.05) is 6.42 Å². The topological polar surface area (TPSA) is 105 Å². The van der Waals surface area contributed by atoms with E-state index in [9.17, 15) is 19.4 Å². The first-order valence-electron chi connectivity index (χ1n) is 17.9. The maximum atomic E-state index is 12.7. The van der Waals surface area contributed by atoms with E-state index in [4.69, 9.17) is 9.05 Å². The average molecular weight is 658 g/mol. The van der Waals surface area contributed by atoms with Gasteiger partial charge in [-0.15, -0.1) is 0 Å². The summed E-state index contributed by atoms with van der Waals surface area (Å²) in [6.07, 6.45) is 32.1. The van der Waals surface area contributed by atoms with Crippen molar-refractivity contribution >= 4 is 13.7 Å². The molecule has 0 saturated carbocycles. The van der Waals surface area contributed by atoms with Gasteiger partial charge in [0.25, 0.3) is 0 Å². The summed E-state index contributed by atoms with van der Waals surface area (Å²) < 4.78 is 23.3. The number of hydrogen-bond acceptors (Lipinski definition) is 5. The van der Waals surface area contributed by atoms with Crippen LogP contribution in [-0.2, 0) is 18.4 Å². The normalized spacial score (nSPS) is 15.3. The standard InChI is InChI=1S/C36H69N2O6P/c1-6-8-10-12-14-16-18-19-20-21-23-25-27-29-35(39)34(33-44-45(41,42)43-32-31-38(3,4)5)37-36(40)30-28-26-24-22-17-15-13-11-9-7-2/h14,16,20-21,27,29,34-35,39H,6-13,15,17-19,22-26,28,30-33H2,1-5H3,(H-,37,40,41,42)/p+1/b16-14+,21-20+,29-27+. The third-order valence-corrected chi connectivity index (χ3v) is 8.57. The zero-order chi connectivity index (χ0) is 33.7. The molecule has 0 saturated heterocycles. The molecule has 264 valence electrons. The molecule has 0 aliphatic rings. The second kappa shape index (κ2) is 28.9. The van der Waals surface area contributed by atoms with Gasteiger partial charge in [0.1, 0.15) is 13.2 Å². The molecule has 3 unspecified atom stereocenters. The van der Waals surface area contributed by atoms with Crippen molar-refractivity contribution in [3.63, 3.8) is 0 Å². The van der Waals surface area contributed by atoms with Crippen molar-refractivity contribution < 1.29 is 32.9 Å². The van der Waals surface area contributed by atoms with Crippen LogP contribution in [0, 0.1) is 0 Å². The predicted octanol–water partition coefficient (Wildman–Crippen LogP) is 8.79. The minimum atomic E-state index is -4.33. The third kappa shape index (κ3) is 31.1. The Morgan fingerprint density at radius 3 is 1.78 bits per heavy atom. The Labute approximate surface area is 276 Å². The van der Waals surface area contributed by atoms with Gasteiger partial charge in [0.2, 0.25) is 5.91 Å². The second-order valence-corrected chi connectivity index (χ2v) is 14.7. The number of unbranched alkanes of at least 4 members (excludes halogenated alkanes) is 14. The van der Waals surface area contributed by atoms with Gasteiger partial charge in [-0.05, 0) is 44.9 Å². The van der Waals surface area contributed by atoms with Crippen molar-refractivity contribution in [2.24, 2.45) is 0 Å². The van der Waals surface area contributed by atoms with E-state index in [1.54, 1.807) is 6.08 Å². The number of phosphoric ester groups is 1. The molecule has 0 rings (SSSR count). The monoisotopic (exact) mass is 657 g/mol. The van der Waals surface area contributed by atoms with E-state index < -0.39 is 20.0 Å². The van der Waals surface area contributed by atoms with Crippen molar-refractivity contribution in [2.75, 3.05) is 40.9 Å². The van der Waals surface area contributed by atoms with E-state index in [0.29, 0.717) is 17.4 Å². The van der Waals surface area contributed by atoms with Gasteiger partial charge in [0.15, 0.2) is 0 Å². The molecule has 9 heteroatoms. The molecule has 0 aromatic heterocycles. The fourth-order valence-electron chi connectivity index (χ4n) is 4.66. The molecule has 0 aliphatic heterocycles. The summed E-state index contributed by atoms with van der Waals surface area (Å²) >= 11 is 0. The van der Waals surface area contributed by atoms with Crippen LogP contribution in [0.5, 0.6) is 0 Å². The molecule has 0 radical (unpaired) electrons. The average Bonchev–Trinajstić information content (AvgIpc) is 2.97. The third-order valence-electron chi connectivity index (χ3n) is 7.59. The molecular formula is C36H70N2O6P+. The molecule has 0 heterocycles. The summed E-state index contributed by atoms with van der Waals surface area (Å²) in [5.74, 6) is -0.198. The van der Waals surface area contributed by atoms with Gasteiger partial charge in [-0.1, -0.05) is 121 Å². The largest absolute Gasteiger partial charge is 0.472 e. The number of likely N-dealkylation sites (N-methyl/N-ethyl adjacent to an activating group) is 1. The van der Waals surface area contributed by atoms with E-state index in [1.807, 2.05) is 27.2 Å². The Morgan fingerprint density at radius 1 is 0.733 bits per heavy atom. The molecule has 45 heavy (non-hydrogen) atoms. The van der Waals surface area contributed by atoms with Gasteiger partial charge in [0.05, 0.1) is 39.9 Å². The summed E-state index contributed by atoms with van der Waals surface area (Å²) in [4.78, 5) is 22.9. The molecule has 1 amide bonds. The molecule has 0 aliphatic carbocycles. The highest BCUT2D eigenvalue weighted by atomic mass is 31.2. The number of carbonyl (C=O) groups excluding carboxylic acids is 1. The van der Waals surface area contributed by atoms with E-state index in [0.717, 1.165) is 51.4 Å². The lowest BCUT2D eigenvalue weighted by atomic mass is 10.1. The fraction of sp³-hybridized carbons (Fsp3) is 0.806. The minimum Gasteiger partial charge on any atom is -0.387 e. The highest BCUT2D eigenvalue weighted by Gasteiger charge is 2.27. The first kappa shape index (κ1) is 43.7. The summed E-state index contributed by atoms with van der Waals surface area (Å²) in [6, 6.07) is -0.862. The van der Waals surface area contributed by atoms with Crippen molar-refractivity contribution in [3.05, 3.63) is 36.5 Å². The number of quaternary nitrogens is 1. The van der Waals surface area contributed by atoms with Crippen LogP contribution in [-0.4, -0.2) is 73.4 Å². The van der Waals surface area contributed by atoms with Crippen molar-refractivity contribution in [2.45, 2.75) is 148 Å². The first-order chi connectivity index (χ1) is 21.5. The van der Waals surface area contributed by atoms with Crippen LogP contribution in [0.2, 0.25) is 0 Å². The maximum Gasteiger partial charge on any atom is 0.472 e. The molecule has 0 fully saturated rings. The molecule has 0 aromatic rings. The Balaban J connectivity index is 4.69. The van der Waals surface area contributed by atoms with Crippen LogP contribution >= 0.6 is 7.82 Å². The Kier molecular flexibility index (Phi) is 28.1. The van der Waals surface area contributed by atoms with Gasteiger partial charge in [-0.25, -0.2) is 4.57 Å². The quantitative estimate of drug-likeness (QED) is 0.0298. The van der Waals surface area contributed by atoms with Crippen LogP contribution in [0.3, 0.4) is 0 Å². The van der Waals surface area contributed by atoms with Crippen LogP contribution in [0.15, 0.2) is 36.5 Å². The van der Waals surface area contributed by atoms with E-state index >= 15 is 0 Å². The van der Waals surface area contributed by atoms with Crippen LogP contribution in [0.25, 0.3) is 0 Å². The Morgan fingerprint density at radius 2 is 1.22 bits per heavy atom. The van der Waals surface area contributed by atoms with Gasteiger partial charge in [-0.2, -0.15) is 0 Å². The number of carbonyl (C=O) groups is 1. The summed E-state index contributed by atoms with van der Waals surface area (Å²) in [6.45, 7) is 4.70. The smallest absolute Gasteiger partial charge is 0.387 e. The van der Waals surface area contributed by atoms with Gasteiger partial charge < -0.3 is 19.8 Å². The number of rotatable bonds is 31. The SMILES string of the molecule is CCCCC/C=C/CC/C=C/CC/C=C/C(O)C(COP(=O)(O)OCC[N+](C)(C)C)NC(=O)CCCCCCCCCCCC. The van der Waals surface area contributed by atoms with E-state index in [1.165, 1.54) is 64.2 Å². The number of nitrogens with one attached hydrogen (secondary N) is 1. The summed E-state index contributed by atoms with van der Waals surface area (Å²) in [5, 5.41) is 13.7. The van der Waals surface area contributed by atoms with Crippen LogP contribution in [0.1, 0.15) is 136 Å². The molecule has 8 nitrogen and oxygen atoms in total. The number of aliphatic hydroxyl groups is 1. The zero-order valence-electron chi connectivity index (χ0n) is 29.6. The number of nitrogens with zero attached hydrogens (tertiary/aromatic N) is 1. The van der Waals surface area contributed by atoms with Gasteiger partial charge >= 0.3 is 7.82 Å². The number of phosphoric acid groups is 1. The summed E-state index contributed by atoms with van der Waals surface area (Å²) in [5.41, 5.74) is 0. The number of hydrogen-bond donors (Lipinski definition) is 3. The predicted molar refractivity (Wildman–Crippen MR) is 189 cm³/mol. The van der Waals surface area contributed by atoms with Crippen molar-refractivity contribution in [1.82, 2.24) is 5.32 Å². The molecule has 0 aromatic carbocycles. The van der Waals surface area contributed by atoms with Crippen LogP contribution in [0.4, 0.5) is 0 Å². The zero-order valence-corrected chi connectivity index (χ0v) is 30.5. The number of allylic oxidation sites excluding steroid dienone is 5. The number of aliphatic hydroxyl groups excluding tert-OH is 1. The lowest BCUT2D eigenvalue weighted by Gasteiger charge is -2.25. The Hall–Kier alpha value is -1.28. The van der Waals surface area contributed by atoms with E-state index in [-0.39, 0.29) is 19.1 Å². The molecular weight excluding hydrogens is 587 g/mol. The lowest BCUT2D eigenvalue weighted by Crippen LogP contribution is -2.45. The molecule has 0 spiro atoms.